The monoisotopic (exact) mass is 476 g/mol. The van der Waals surface area contributed by atoms with Gasteiger partial charge in [-0.25, -0.2) is 4.68 Å². The molecule has 2 heterocycles. The Morgan fingerprint density at radius 3 is 2.38 bits per heavy atom. The summed E-state index contributed by atoms with van der Waals surface area (Å²) in [5.41, 5.74) is 1.01. The molecule has 0 fully saturated rings. The maximum atomic E-state index is 13.9. The number of anilines is 2. The minimum atomic E-state index is -4.55. The van der Waals surface area contributed by atoms with Gasteiger partial charge in [-0.3, -0.25) is 4.79 Å². The number of hydrogen-bond donors (Lipinski definition) is 2. The van der Waals surface area contributed by atoms with Crippen molar-refractivity contribution in [2.45, 2.75) is 24.7 Å². The maximum Gasteiger partial charge on any atom is 0.410 e. The number of fused-ring (bicyclic) bond motifs is 1. The van der Waals surface area contributed by atoms with Crippen molar-refractivity contribution in [3.05, 3.63) is 59.8 Å². The van der Waals surface area contributed by atoms with E-state index in [9.17, 15) is 18.0 Å². The predicted octanol–water partition coefficient (Wildman–Crippen LogP) is 4.82. The van der Waals surface area contributed by atoms with E-state index in [0.717, 1.165) is 10.9 Å². The molecule has 8 nitrogen and oxygen atoms in total. The summed E-state index contributed by atoms with van der Waals surface area (Å²) < 4.78 is 58.1. The lowest BCUT2D eigenvalue weighted by molar-refractivity contribution is -0.173. The Bertz CT molecular complexity index is 1180. The molecule has 34 heavy (non-hydrogen) atoms. The van der Waals surface area contributed by atoms with E-state index in [1.807, 2.05) is 0 Å². The van der Waals surface area contributed by atoms with Gasteiger partial charge in [-0.2, -0.15) is 18.3 Å². The molecule has 0 saturated heterocycles. The van der Waals surface area contributed by atoms with Gasteiger partial charge in [-0.15, -0.1) is 0 Å². The van der Waals surface area contributed by atoms with Crippen LogP contribution in [-0.2, 0) is 0 Å². The number of nitrogens with one attached hydrogen (secondary N) is 2. The third-order valence-electron chi connectivity index (χ3n) is 5.64. The molecule has 11 heteroatoms. The van der Waals surface area contributed by atoms with Crippen molar-refractivity contribution in [3.63, 3.8) is 0 Å². The summed E-state index contributed by atoms with van der Waals surface area (Å²) in [6, 6.07) is 8.93. The van der Waals surface area contributed by atoms with Crippen molar-refractivity contribution in [1.29, 1.82) is 0 Å². The van der Waals surface area contributed by atoms with Gasteiger partial charge in [0.05, 0.1) is 33.6 Å². The maximum absolute atomic E-state index is 13.9. The van der Waals surface area contributed by atoms with Crippen LogP contribution < -0.4 is 24.8 Å². The van der Waals surface area contributed by atoms with Crippen LogP contribution in [0.4, 0.5) is 24.7 Å². The molecule has 2 aromatic carbocycles. The Morgan fingerprint density at radius 2 is 1.76 bits per heavy atom. The van der Waals surface area contributed by atoms with E-state index in [1.54, 1.807) is 42.5 Å². The van der Waals surface area contributed by atoms with Crippen LogP contribution in [0.1, 0.15) is 34.4 Å². The zero-order valence-corrected chi connectivity index (χ0v) is 18.6. The minimum Gasteiger partial charge on any atom is -0.497 e. The van der Waals surface area contributed by atoms with Crippen LogP contribution in [0.5, 0.6) is 17.2 Å². The van der Waals surface area contributed by atoms with Crippen molar-refractivity contribution in [2.24, 2.45) is 0 Å². The average molecular weight is 476 g/mol. The Hall–Kier alpha value is -3.89. The summed E-state index contributed by atoms with van der Waals surface area (Å²) in [4.78, 5) is 13.0. The second kappa shape index (κ2) is 9.16. The molecule has 0 radical (unpaired) electrons. The Balaban J connectivity index is 1.65. The number of hydrogen-bond acceptors (Lipinski definition) is 6. The number of alkyl halides is 3. The first-order chi connectivity index (χ1) is 16.2. The lowest BCUT2D eigenvalue weighted by atomic mass is 9.96. The first-order valence-corrected chi connectivity index (χ1v) is 10.3. The largest absolute Gasteiger partial charge is 0.497 e. The van der Waals surface area contributed by atoms with E-state index in [4.69, 9.17) is 14.2 Å². The SMILES string of the molecule is COc1ccc([C@@H]2C[C@H](C(F)(F)F)n3ncc(C(=O)Nc4ccc(OC)c(OC)c4)c3N2)cc1. The number of methoxy groups -OCH3 is 3. The first-order valence-electron chi connectivity index (χ1n) is 10.3. The van der Waals surface area contributed by atoms with E-state index >= 15 is 0 Å². The number of rotatable bonds is 6. The van der Waals surface area contributed by atoms with Gasteiger partial charge in [0.2, 0.25) is 0 Å². The van der Waals surface area contributed by atoms with Crippen LogP contribution in [0.2, 0.25) is 0 Å². The highest BCUT2D eigenvalue weighted by Gasteiger charge is 2.47. The van der Waals surface area contributed by atoms with Crippen molar-refractivity contribution in [1.82, 2.24) is 9.78 Å². The number of ether oxygens (including phenoxy) is 3. The summed E-state index contributed by atoms with van der Waals surface area (Å²) >= 11 is 0. The van der Waals surface area contributed by atoms with Gasteiger partial charge in [0.15, 0.2) is 17.5 Å². The molecule has 4 rings (SSSR count). The van der Waals surface area contributed by atoms with Crippen molar-refractivity contribution >= 4 is 17.4 Å². The van der Waals surface area contributed by atoms with Crippen molar-refractivity contribution < 1.29 is 32.2 Å². The molecule has 1 aliphatic heterocycles. The fourth-order valence-corrected chi connectivity index (χ4v) is 3.90. The van der Waals surface area contributed by atoms with Crippen molar-refractivity contribution in [3.8, 4) is 17.2 Å². The number of nitrogens with zero attached hydrogens (tertiary/aromatic N) is 2. The molecule has 1 aromatic heterocycles. The van der Waals surface area contributed by atoms with Crippen LogP contribution in [0.15, 0.2) is 48.7 Å². The molecule has 1 amide bonds. The summed E-state index contributed by atoms with van der Waals surface area (Å²) in [7, 11) is 4.45. The van der Waals surface area contributed by atoms with Crippen LogP contribution in [0.3, 0.4) is 0 Å². The standard InChI is InChI=1S/C23H23F3N4O4/c1-32-15-7-4-13(5-8-15)17-11-20(23(24,25)26)30-21(29-17)16(12-27-30)22(31)28-14-6-9-18(33-2)19(10-14)34-3/h4-10,12,17,20,29H,11H2,1-3H3,(H,28,31)/t17-,20+/m0/s1. The summed E-state index contributed by atoms with van der Waals surface area (Å²) in [5.74, 6) is 0.837. The lowest BCUT2D eigenvalue weighted by Crippen LogP contribution is -2.36. The Morgan fingerprint density at radius 1 is 1.06 bits per heavy atom. The molecule has 1 aliphatic rings. The number of amides is 1. The van der Waals surface area contributed by atoms with Gasteiger partial charge in [-0.05, 0) is 29.8 Å². The molecule has 3 aromatic rings. The van der Waals surface area contributed by atoms with E-state index in [0.29, 0.717) is 28.5 Å². The third kappa shape index (κ3) is 4.45. The van der Waals surface area contributed by atoms with E-state index < -0.39 is 24.2 Å². The van der Waals surface area contributed by atoms with Gasteiger partial charge < -0.3 is 24.8 Å². The van der Waals surface area contributed by atoms with E-state index in [2.05, 4.69) is 15.7 Å². The number of benzene rings is 2. The predicted molar refractivity (Wildman–Crippen MR) is 119 cm³/mol. The van der Waals surface area contributed by atoms with E-state index in [-0.39, 0.29) is 17.8 Å². The second-order valence-corrected chi connectivity index (χ2v) is 7.64. The molecule has 0 aliphatic carbocycles. The molecule has 0 bridgehead atoms. The highest BCUT2D eigenvalue weighted by Crippen LogP contribution is 2.44. The van der Waals surface area contributed by atoms with Crippen molar-refractivity contribution in [2.75, 3.05) is 32.0 Å². The topological polar surface area (TPSA) is 86.6 Å². The van der Waals surface area contributed by atoms with Gasteiger partial charge >= 0.3 is 6.18 Å². The quantitative estimate of drug-likeness (QED) is 0.531. The fourth-order valence-electron chi connectivity index (χ4n) is 3.90. The van der Waals surface area contributed by atoms with Crippen LogP contribution >= 0.6 is 0 Å². The highest BCUT2D eigenvalue weighted by atomic mass is 19.4. The summed E-state index contributed by atoms with van der Waals surface area (Å²) in [6.07, 6.45) is -3.69. The zero-order chi connectivity index (χ0) is 24.5. The minimum absolute atomic E-state index is 0.00707. The van der Waals surface area contributed by atoms with Gasteiger partial charge in [-0.1, -0.05) is 12.1 Å². The summed E-state index contributed by atoms with van der Waals surface area (Å²) in [5, 5.41) is 9.63. The number of aromatic nitrogens is 2. The second-order valence-electron chi connectivity index (χ2n) is 7.64. The molecule has 0 saturated carbocycles. The molecular formula is C23H23F3N4O4. The molecule has 180 valence electrons. The molecule has 0 unspecified atom stereocenters. The fraction of sp³-hybridized carbons (Fsp3) is 0.304. The third-order valence-corrected chi connectivity index (χ3v) is 5.64. The Labute approximate surface area is 193 Å². The Kier molecular flexibility index (Phi) is 6.27. The normalized spacial score (nSPS) is 17.4. The zero-order valence-electron chi connectivity index (χ0n) is 18.6. The highest BCUT2D eigenvalue weighted by molar-refractivity contribution is 6.07. The average Bonchev–Trinajstić information content (AvgIpc) is 3.26. The molecule has 2 N–H and O–H groups in total. The number of carbonyl (C=O) groups excluding carboxylic acids is 1. The lowest BCUT2D eigenvalue weighted by Gasteiger charge is -2.34. The molecule has 0 spiro atoms. The van der Waals surface area contributed by atoms with Gasteiger partial charge in [0, 0.05) is 18.2 Å². The van der Waals surface area contributed by atoms with Crippen LogP contribution in [-0.4, -0.2) is 43.2 Å². The number of halogens is 3. The molecular weight excluding hydrogens is 453 g/mol. The van der Waals surface area contributed by atoms with E-state index in [1.165, 1.54) is 21.3 Å². The van der Waals surface area contributed by atoms with Gasteiger partial charge in [0.1, 0.15) is 17.1 Å². The summed E-state index contributed by atoms with van der Waals surface area (Å²) in [6.45, 7) is 0. The molecule has 2 atom stereocenters. The smallest absolute Gasteiger partial charge is 0.410 e. The van der Waals surface area contributed by atoms with Gasteiger partial charge in [0.25, 0.3) is 5.91 Å². The number of carbonyl (C=O) groups is 1. The first kappa shape index (κ1) is 23.3. The van der Waals surface area contributed by atoms with Crippen LogP contribution in [0.25, 0.3) is 0 Å². The van der Waals surface area contributed by atoms with Crippen LogP contribution in [0, 0.1) is 0 Å².